The summed E-state index contributed by atoms with van der Waals surface area (Å²) in [4.78, 5) is 23.7. The maximum absolute atomic E-state index is 12.0. The van der Waals surface area contributed by atoms with Gasteiger partial charge in [0.25, 0.3) is 0 Å². The van der Waals surface area contributed by atoms with E-state index in [2.05, 4.69) is 10.6 Å². The molecule has 0 saturated carbocycles. The number of carbonyl (C=O) groups excluding carboxylic acids is 2. The van der Waals surface area contributed by atoms with Gasteiger partial charge < -0.3 is 20.1 Å². The monoisotopic (exact) mass is 340 g/mol. The standard InChI is InChI=1S/C19H20N2O4/c1-24-16-10-15(11-17(12-16)25-2)21-19(23)13-20-18(22)9-8-14-6-4-3-5-7-14/h3-12H,13H2,1-2H3,(H,20,22)(H,21,23). The van der Waals surface area contributed by atoms with Gasteiger partial charge in [-0.15, -0.1) is 0 Å². The van der Waals surface area contributed by atoms with Crippen LogP contribution in [0.5, 0.6) is 11.5 Å². The molecular formula is C19H20N2O4. The molecule has 6 heteroatoms. The van der Waals surface area contributed by atoms with Crippen LogP contribution in [-0.2, 0) is 9.59 Å². The quantitative estimate of drug-likeness (QED) is 0.759. The number of ether oxygens (including phenoxy) is 2. The van der Waals surface area contributed by atoms with Gasteiger partial charge in [-0.2, -0.15) is 0 Å². The van der Waals surface area contributed by atoms with Crippen LogP contribution in [0.3, 0.4) is 0 Å². The normalized spacial score (nSPS) is 10.3. The average Bonchev–Trinajstić information content (AvgIpc) is 2.65. The molecule has 6 nitrogen and oxygen atoms in total. The zero-order chi connectivity index (χ0) is 18.1. The van der Waals surface area contributed by atoms with E-state index in [4.69, 9.17) is 9.47 Å². The fourth-order valence-electron chi connectivity index (χ4n) is 2.05. The highest BCUT2D eigenvalue weighted by atomic mass is 16.5. The van der Waals surface area contributed by atoms with Crippen molar-refractivity contribution in [3.63, 3.8) is 0 Å². The number of hydrogen-bond acceptors (Lipinski definition) is 4. The lowest BCUT2D eigenvalue weighted by Gasteiger charge is -2.10. The van der Waals surface area contributed by atoms with Gasteiger partial charge in [-0.05, 0) is 11.6 Å². The Bertz CT molecular complexity index is 735. The van der Waals surface area contributed by atoms with Gasteiger partial charge in [-0.3, -0.25) is 9.59 Å². The van der Waals surface area contributed by atoms with Gasteiger partial charge in [0.05, 0.1) is 20.8 Å². The minimum Gasteiger partial charge on any atom is -0.497 e. The molecule has 25 heavy (non-hydrogen) atoms. The van der Waals surface area contributed by atoms with Crippen molar-refractivity contribution in [2.45, 2.75) is 0 Å². The smallest absolute Gasteiger partial charge is 0.244 e. The first-order valence-electron chi connectivity index (χ1n) is 7.64. The molecule has 0 saturated heterocycles. The van der Waals surface area contributed by atoms with Crippen LogP contribution in [-0.4, -0.2) is 32.6 Å². The van der Waals surface area contributed by atoms with Crippen LogP contribution < -0.4 is 20.1 Å². The SMILES string of the molecule is COc1cc(NC(=O)CNC(=O)C=Cc2ccccc2)cc(OC)c1. The van der Waals surface area contributed by atoms with Crippen molar-refractivity contribution in [3.05, 3.63) is 60.2 Å². The average molecular weight is 340 g/mol. The number of methoxy groups -OCH3 is 2. The molecule has 0 unspecified atom stereocenters. The van der Waals surface area contributed by atoms with Gasteiger partial charge in [-0.25, -0.2) is 0 Å². The van der Waals surface area contributed by atoms with E-state index in [1.165, 1.54) is 20.3 Å². The molecule has 0 spiro atoms. The zero-order valence-electron chi connectivity index (χ0n) is 14.1. The molecule has 2 aromatic rings. The summed E-state index contributed by atoms with van der Waals surface area (Å²) < 4.78 is 10.3. The van der Waals surface area contributed by atoms with Crippen molar-refractivity contribution < 1.29 is 19.1 Å². The summed E-state index contributed by atoms with van der Waals surface area (Å²) in [5.41, 5.74) is 1.43. The maximum atomic E-state index is 12.0. The second-order valence-electron chi connectivity index (χ2n) is 5.11. The van der Waals surface area contributed by atoms with Gasteiger partial charge in [0.1, 0.15) is 11.5 Å². The van der Waals surface area contributed by atoms with E-state index in [1.807, 2.05) is 30.3 Å². The molecule has 0 heterocycles. The van der Waals surface area contributed by atoms with Crippen molar-refractivity contribution in [1.82, 2.24) is 5.32 Å². The molecule has 2 amide bonds. The first-order chi connectivity index (χ1) is 12.1. The second kappa shape index (κ2) is 9.12. The summed E-state index contributed by atoms with van der Waals surface area (Å²) in [7, 11) is 3.05. The first kappa shape index (κ1) is 18.1. The largest absolute Gasteiger partial charge is 0.497 e. The van der Waals surface area contributed by atoms with Crippen molar-refractivity contribution in [2.75, 3.05) is 26.1 Å². The third-order valence-electron chi connectivity index (χ3n) is 3.29. The minimum absolute atomic E-state index is 0.141. The van der Waals surface area contributed by atoms with Crippen LogP contribution in [0.2, 0.25) is 0 Å². The minimum atomic E-state index is -0.350. The fraction of sp³-hybridized carbons (Fsp3) is 0.158. The topological polar surface area (TPSA) is 76.7 Å². The highest BCUT2D eigenvalue weighted by molar-refractivity contribution is 5.98. The Morgan fingerprint density at radius 1 is 1.00 bits per heavy atom. The zero-order valence-corrected chi connectivity index (χ0v) is 14.1. The van der Waals surface area contributed by atoms with E-state index in [0.717, 1.165) is 5.56 Å². The van der Waals surface area contributed by atoms with E-state index in [-0.39, 0.29) is 18.4 Å². The molecule has 0 aliphatic rings. The third-order valence-corrected chi connectivity index (χ3v) is 3.29. The number of benzene rings is 2. The molecule has 2 N–H and O–H groups in total. The van der Waals surface area contributed by atoms with Gasteiger partial charge >= 0.3 is 0 Å². The van der Waals surface area contributed by atoms with Crippen LogP contribution >= 0.6 is 0 Å². The number of amides is 2. The van der Waals surface area contributed by atoms with Crippen molar-refractivity contribution in [3.8, 4) is 11.5 Å². The Hall–Kier alpha value is -3.28. The highest BCUT2D eigenvalue weighted by Gasteiger charge is 2.07. The molecule has 2 aromatic carbocycles. The van der Waals surface area contributed by atoms with E-state index in [1.54, 1.807) is 24.3 Å². The second-order valence-corrected chi connectivity index (χ2v) is 5.11. The van der Waals surface area contributed by atoms with E-state index >= 15 is 0 Å². The predicted octanol–water partition coefficient (Wildman–Crippen LogP) is 2.47. The van der Waals surface area contributed by atoms with Gasteiger partial charge in [0.2, 0.25) is 11.8 Å². The molecule has 0 radical (unpaired) electrons. The van der Waals surface area contributed by atoms with Crippen molar-refractivity contribution in [2.24, 2.45) is 0 Å². The number of rotatable bonds is 7. The molecule has 0 aliphatic heterocycles. The fourth-order valence-corrected chi connectivity index (χ4v) is 2.05. The molecule has 0 fully saturated rings. The Balaban J connectivity index is 1.86. The summed E-state index contributed by atoms with van der Waals surface area (Å²) in [6.45, 7) is -0.141. The molecular weight excluding hydrogens is 320 g/mol. The molecule has 0 atom stereocenters. The molecule has 0 aliphatic carbocycles. The van der Waals surface area contributed by atoms with Gasteiger partial charge in [0.15, 0.2) is 0 Å². The summed E-state index contributed by atoms with van der Waals surface area (Å²) in [6.07, 6.45) is 3.07. The number of hydrogen-bond donors (Lipinski definition) is 2. The molecule has 2 rings (SSSR count). The summed E-state index contributed by atoms with van der Waals surface area (Å²) >= 11 is 0. The van der Waals surface area contributed by atoms with Crippen LogP contribution in [0.4, 0.5) is 5.69 Å². The molecule has 0 aromatic heterocycles. The summed E-state index contributed by atoms with van der Waals surface area (Å²) in [6, 6.07) is 14.5. The Morgan fingerprint density at radius 2 is 1.64 bits per heavy atom. The van der Waals surface area contributed by atoms with E-state index in [9.17, 15) is 9.59 Å². The van der Waals surface area contributed by atoms with E-state index < -0.39 is 0 Å². The highest BCUT2D eigenvalue weighted by Crippen LogP contribution is 2.25. The maximum Gasteiger partial charge on any atom is 0.244 e. The first-order valence-corrected chi connectivity index (χ1v) is 7.64. The summed E-state index contributed by atoms with van der Waals surface area (Å²) in [5, 5.41) is 5.21. The number of nitrogens with one attached hydrogen (secondary N) is 2. The van der Waals surface area contributed by atoms with Gasteiger partial charge in [-0.1, -0.05) is 30.3 Å². The van der Waals surface area contributed by atoms with Gasteiger partial charge in [0, 0.05) is 30.0 Å². The lowest BCUT2D eigenvalue weighted by Crippen LogP contribution is -2.31. The number of anilines is 1. The van der Waals surface area contributed by atoms with Crippen LogP contribution in [0.1, 0.15) is 5.56 Å². The Labute approximate surface area is 146 Å². The Kier molecular flexibility index (Phi) is 6.59. The summed E-state index contributed by atoms with van der Waals surface area (Å²) in [5.74, 6) is 0.424. The number of carbonyl (C=O) groups is 2. The van der Waals surface area contributed by atoms with Crippen molar-refractivity contribution in [1.29, 1.82) is 0 Å². The Morgan fingerprint density at radius 3 is 2.24 bits per heavy atom. The van der Waals surface area contributed by atoms with Crippen LogP contribution in [0.25, 0.3) is 6.08 Å². The lowest BCUT2D eigenvalue weighted by molar-refractivity contribution is -0.121. The van der Waals surface area contributed by atoms with Crippen LogP contribution in [0, 0.1) is 0 Å². The molecule has 0 bridgehead atoms. The van der Waals surface area contributed by atoms with E-state index in [0.29, 0.717) is 17.2 Å². The van der Waals surface area contributed by atoms with Crippen LogP contribution in [0.15, 0.2) is 54.6 Å². The third kappa shape index (κ3) is 6.02. The van der Waals surface area contributed by atoms with Crippen molar-refractivity contribution >= 4 is 23.6 Å². The predicted molar refractivity (Wildman–Crippen MR) is 96.7 cm³/mol. The lowest BCUT2D eigenvalue weighted by atomic mass is 10.2. The molecule has 130 valence electrons.